The van der Waals surface area contributed by atoms with Crippen LogP contribution in [0, 0.1) is 5.82 Å². The number of methoxy groups -OCH3 is 1. The molecule has 0 saturated carbocycles. The van der Waals surface area contributed by atoms with E-state index in [9.17, 15) is 9.18 Å². The number of carbonyl (C=O) groups excluding carboxylic acids is 1. The first-order chi connectivity index (χ1) is 15.5. The molecule has 7 nitrogen and oxygen atoms in total. The minimum Gasteiger partial charge on any atom is -0.493 e. The Labute approximate surface area is 184 Å². The number of pyridine rings is 1. The van der Waals surface area contributed by atoms with E-state index in [1.165, 1.54) is 19.2 Å². The second kappa shape index (κ2) is 9.05. The zero-order chi connectivity index (χ0) is 22.7. The van der Waals surface area contributed by atoms with Crippen LogP contribution in [0.25, 0.3) is 22.0 Å². The highest BCUT2D eigenvalue weighted by atomic mass is 19.1. The Bertz CT molecular complexity index is 1270. The topological polar surface area (TPSA) is 80.3 Å². The summed E-state index contributed by atoms with van der Waals surface area (Å²) in [5, 5.41) is 7.83. The van der Waals surface area contributed by atoms with Crippen molar-refractivity contribution in [1.29, 1.82) is 0 Å². The van der Waals surface area contributed by atoms with E-state index in [0.717, 1.165) is 22.0 Å². The predicted molar refractivity (Wildman–Crippen MR) is 119 cm³/mol. The van der Waals surface area contributed by atoms with Crippen molar-refractivity contribution in [3.63, 3.8) is 0 Å². The van der Waals surface area contributed by atoms with Crippen molar-refractivity contribution in [3.05, 3.63) is 71.8 Å². The molecule has 4 rings (SSSR count). The van der Waals surface area contributed by atoms with Crippen molar-refractivity contribution in [2.75, 3.05) is 20.8 Å². The van der Waals surface area contributed by atoms with Gasteiger partial charge in [0.25, 0.3) is 5.91 Å². The number of ether oxygens (including phenoxy) is 2. The number of H-pyrrole nitrogens is 1. The molecule has 0 aliphatic rings. The minimum absolute atomic E-state index is 0.199. The average molecular weight is 434 g/mol. The van der Waals surface area contributed by atoms with Crippen LogP contribution in [0.1, 0.15) is 22.8 Å². The first-order valence-corrected chi connectivity index (χ1v) is 10.1. The fourth-order valence-electron chi connectivity index (χ4n) is 3.62. The maximum atomic E-state index is 13.7. The Morgan fingerprint density at radius 3 is 2.78 bits per heavy atom. The maximum absolute atomic E-state index is 13.7. The molecular weight excluding hydrogens is 411 g/mol. The van der Waals surface area contributed by atoms with E-state index in [0.29, 0.717) is 29.4 Å². The molecule has 4 aromatic rings. The number of rotatable bonds is 7. The van der Waals surface area contributed by atoms with Crippen LogP contribution >= 0.6 is 0 Å². The van der Waals surface area contributed by atoms with Crippen LogP contribution in [-0.2, 0) is 6.54 Å². The number of hydrogen-bond acceptors (Lipinski definition) is 5. The molecule has 1 N–H and O–H groups in total. The Kier molecular flexibility index (Phi) is 6.02. The van der Waals surface area contributed by atoms with Crippen LogP contribution < -0.4 is 9.47 Å². The van der Waals surface area contributed by atoms with E-state index in [1.54, 1.807) is 54.7 Å². The molecule has 0 atom stereocenters. The number of nitrogens with zero attached hydrogens (tertiary/aromatic N) is 3. The number of benzene rings is 2. The lowest BCUT2D eigenvalue weighted by atomic mass is 10.0. The van der Waals surface area contributed by atoms with Gasteiger partial charge in [-0.2, -0.15) is 5.10 Å². The fraction of sp³-hybridized carbons (Fsp3) is 0.208. The summed E-state index contributed by atoms with van der Waals surface area (Å²) in [7, 11) is 3.24. The monoisotopic (exact) mass is 434 g/mol. The molecule has 2 heterocycles. The quantitative estimate of drug-likeness (QED) is 0.465. The summed E-state index contributed by atoms with van der Waals surface area (Å²) in [6.07, 6.45) is 3.34. The Balaban J connectivity index is 1.64. The van der Waals surface area contributed by atoms with E-state index >= 15 is 0 Å². The highest BCUT2D eigenvalue weighted by molar-refractivity contribution is 5.96. The summed E-state index contributed by atoms with van der Waals surface area (Å²) < 4.78 is 24.9. The molecule has 32 heavy (non-hydrogen) atoms. The molecule has 2 aromatic carbocycles. The van der Waals surface area contributed by atoms with Gasteiger partial charge in [-0.1, -0.05) is 12.1 Å². The molecule has 0 bridgehead atoms. The third-order valence-corrected chi connectivity index (χ3v) is 5.15. The van der Waals surface area contributed by atoms with E-state index in [2.05, 4.69) is 15.2 Å². The van der Waals surface area contributed by atoms with Gasteiger partial charge in [0.1, 0.15) is 11.6 Å². The first kappa shape index (κ1) is 21.3. The zero-order valence-electron chi connectivity index (χ0n) is 18.1. The molecular formula is C24H23FN4O3. The van der Waals surface area contributed by atoms with Gasteiger partial charge < -0.3 is 14.4 Å². The molecule has 2 aromatic heterocycles. The summed E-state index contributed by atoms with van der Waals surface area (Å²) in [6.45, 7) is 2.55. The Morgan fingerprint density at radius 1 is 1.19 bits per heavy atom. The Morgan fingerprint density at radius 2 is 2.03 bits per heavy atom. The molecule has 1 amide bonds. The van der Waals surface area contributed by atoms with Crippen molar-refractivity contribution >= 4 is 16.8 Å². The molecule has 0 unspecified atom stereocenters. The van der Waals surface area contributed by atoms with Crippen molar-refractivity contribution in [2.24, 2.45) is 0 Å². The van der Waals surface area contributed by atoms with Crippen molar-refractivity contribution in [1.82, 2.24) is 20.1 Å². The number of amides is 1. The number of aromatic amines is 1. The van der Waals surface area contributed by atoms with Gasteiger partial charge in [-0.25, -0.2) is 9.37 Å². The molecule has 8 heteroatoms. The van der Waals surface area contributed by atoms with Gasteiger partial charge in [0.05, 0.1) is 37.5 Å². The van der Waals surface area contributed by atoms with Gasteiger partial charge >= 0.3 is 0 Å². The summed E-state index contributed by atoms with van der Waals surface area (Å²) in [5.41, 5.74) is 3.37. The second-order valence-electron chi connectivity index (χ2n) is 7.26. The van der Waals surface area contributed by atoms with Crippen LogP contribution in [0.15, 0.2) is 54.9 Å². The number of carbonyl (C=O) groups is 1. The van der Waals surface area contributed by atoms with Crippen molar-refractivity contribution < 1.29 is 18.7 Å². The number of nitrogens with one attached hydrogen (secondary N) is 1. The molecule has 0 aliphatic carbocycles. The number of halogens is 1. The molecule has 0 fully saturated rings. The first-order valence-electron chi connectivity index (χ1n) is 10.1. The summed E-state index contributed by atoms with van der Waals surface area (Å²) in [5.74, 6) is 0.417. The van der Waals surface area contributed by atoms with E-state index in [-0.39, 0.29) is 18.3 Å². The summed E-state index contributed by atoms with van der Waals surface area (Å²) >= 11 is 0. The van der Waals surface area contributed by atoms with Gasteiger partial charge in [-0.15, -0.1) is 0 Å². The van der Waals surface area contributed by atoms with Gasteiger partial charge in [-0.05, 0) is 42.8 Å². The lowest BCUT2D eigenvalue weighted by molar-refractivity contribution is 0.0784. The van der Waals surface area contributed by atoms with E-state index < -0.39 is 0 Å². The summed E-state index contributed by atoms with van der Waals surface area (Å²) in [4.78, 5) is 19.1. The highest BCUT2D eigenvalue weighted by Crippen LogP contribution is 2.32. The molecule has 0 spiro atoms. The van der Waals surface area contributed by atoms with Crippen LogP contribution in [0.3, 0.4) is 0 Å². The minimum atomic E-state index is -0.333. The third kappa shape index (κ3) is 4.12. The van der Waals surface area contributed by atoms with E-state index in [1.807, 2.05) is 6.92 Å². The smallest absolute Gasteiger partial charge is 0.254 e. The summed E-state index contributed by atoms with van der Waals surface area (Å²) in [6, 6.07) is 11.5. The number of fused-ring (bicyclic) bond motifs is 1. The van der Waals surface area contributed by atoms with Crippen LogP contribution in [-0.4, -0.2) is 46.8 Å². The predicted octanol–water partition coefficient (Wildman–Crippen LogP) is 4.44. The Hall–Kier alpha value is -3.94. The van der Waals surface area contributed by atoms with Crippen molar-refractivity contribution in [2.45, 2.75) is 13.5 Å². The largest absolute Gasteiger partial charge is 0.493 e. The molecule has 0 radical (unpaired) electrons. The molecule has 0 saturated heterocycles. The SMILES string of the molecule is CCOc1cc(C(=O)N(C)Cc2c(OC)ncc3cn[nH]c23)ccc1-c1cccc(F)c1. The van der Waals surface area contributed by atoms with Crippen LogP contribution in [0.5, 0.6) is 11.6 Å². The molecule has 0 aliphatic heterocycles. The number of hydrogen-bond donors (Lipinski definition) is 1. The fourth-order valence-corrected chi connectivity index (χ4v) is 3.62. The normalized spacial score (nSPS) is 10.9. The van der Waals surface area contributed by atoms with Crippen LogP contribution in [0.2, 0.25) is 0 Å². The second-order valence-corrected chi connectivity index (χ2v) is 7.26. The highest BCUT2D eigenvalue weighted by Gasteiger charge is 2.20. The molecule has 164 valence electrons. The zero-order valence-corrected chi connectivity index (χ0v) is 18.1. The lowest BCUT2D eigenvalue weighted by Gasteiger charge is -2.20. The average Bonchev–Trinajstić information content (AvgIpc) is 3.28. The van der Waals surface area contributed by atoms with Gasteiger partial charge in [0.2, 0.25) is 5.88 Å². The van der Waals surface area contributed by atoms with Gasteiger partial charge in [0.15, 0.2) is 0 Å². The standard InChI is InChI=1S/C24H23FN4O3/c1-4-32-21-11-16(8-9-19(21)15-6-5-7-18(25)10-15)24(30)29(2)14-20-22-17(13-27-28-22)12-26-23(20)31-3/h5-13H,4,14H2,1-3H3,(H,27,28). The maximum Gasteiger partial charge on any atom is 0.254 e. The lowest BCUT2D eigenvalue weighted by Crippen LogP contribution is -2.26. The van der Waals surface area contributed by atoms with Gasteiger partial charge in [-0.3, -0.25) is 9.89 Å². The van der Waals surface area contributed by atoms with Crippen LogP contribution in [0.4, 0.5) is 4.39 Å². The third-order valence-electron chi connectivity index (χ3n) is 5.15. The number of aromatic nitrogens is 3. The van der Waals surface area contributed by atoms with E-state index in [4.69, 9.17) is 9.47 Å². The van der Waals surface area contributed by atoms with Gasteiger partial charge in [0, 0.05) is 29.8 Å². The van der Waals surface area contributed by atoms with Crippen molar-refractivity contribution in [3.8, 4) is 22.8 Å².